The highest BCUT2D eigenvalue weighted by Crippen LogP contribution is 2.22. The summed E-state index contributed by atoms with van der Waals surface area (Å²) in [6, 6.07) is 0. The molecule has 84 valence electrons. The van der Waals surface area contributed by atoms with Crippen LogP contribution in [0.5, 0.6) is 0 Å². The molecule has 1 N–H and O–H groups in total. The third-order valence-corrected chi connectivity index (χ3v) is 2.96. The molecule has 4 nitrogen and oxygen atoms in total. The van der Waals surface area contributed by atoms with Crippen LogP contribution in [-0.2, 0) is 6.54 Å². The van der Waals surface area contributed by atoms with Crippen LogP contribution >= 0.6 is 0 Å². The predicted molar refractivity (Wildman–Crippen MR) is 56.5 cm³/mol. The molecule has 15 heavy (non-hydrogen) atoms. The van der Waals surface area contributed by atoms with Gasteiger partial charge in [0.05, 0.1) is 17.8 Å². The van der Waals surface area contributed by atoms with Gasteiger partial charge in [-0.3, -0.25) is 4.90 Å². The minimum absolute atomic E-state index is 0.545. The van der Waals surface area contributed by atoms with Gasteiger partial charge in [0, 0.05) is 13.1 Å². The monoisotopic (exact) mass is 210 g/mol. The van der Waals surface area contributed by atoms with E-state index in [4.69, 9.17) is 4.42 Å². The van der Waals surface area contributed by atoms with Crippen molar-refractivity contribution >= 4 is 0 Å². The van der Waals surface area contributed by atoms with E-state index in [1.54, 1.807) is 0 Å². The summed E-state index contributed by atoms with van der Waals surface area (Å²) >= 11 is 0. The van der Waals surface area contributed by atoms with E-state index >= 15 is 0 Å². The van der Waals surface area contributed by atoms with E-state index < -0.39 is 5.60 Å². The zero-order chi connectivity index (χ0) is 11.1. The van der Waals surface area contributed by atoms with Crippen LogP contribution in [0, 0.1) is 13.8 Å². The number of rotatable bonds is 2. The average molecular weight is 210 g/mol. The Morgan fingerprint density at radius 1 is 1.53 bits per heavy atom. The Morgan fingerprint density at radius 3 is 2.73 bits per heavy atom. The standard InChI is InChI=1S/C11H18N2O2/c1-8-9(2)15-10(12-8)6-13-5-4-11(3,14)7-13/h14H,4-7H2,1-3H3. The largest absolute Gasteiger partial charge is 0.444 e. The van der Waals surface area contributed by atoms with Gasteiger partial charge in [-0.15, -0.1) is 0 Å². The van der Waals surface area contributed by atoms with Gasteiger partial charge in [0.25, 0.3) is 0 Å². The molecule has 1 aliphatic rings. The van der Waals surface area contributed by atoms with Crippen LogP contribution in [0.1, 0.15) is 30.7 Å². The van der Waals surface area contributed by atoms with Crippen LogP contribution in [0.25, 0.3) is 0 Å². The molecule has 1 fully saturated rings. The molecule has 1 unspecified atom stereocenters. The maximum Gasteiger partial charge on any atom is 0.208 e. The second-order valence-corrected chi connectivity index (χ2v) is 4.71. The van der Waals surface area contributed by atoms with Crippen molar-refractivity contribution in [3.05, 3.63) is 17.3 Å². The fourth-order valence-electron chi connectivity index (χ4n) is 1.97. The molecular weight excluding hydrogens is 192 g/mol. The summed E-state index contributed by atoms with van der Waals surface area (Å²) in [5.74, 6) is 1.64. The maximum absolute atomic E-state index is 9.81. The Hall–Kier alpha value is -0.870. The summed E-state index contributed by atoms with van der Waals surface area (Å²) in [5, 5.41) is 9.81. The Morgan fingerprint density at radius 2 is 2.27 bits per heavy atom. The highest BCUT2D eigenvalue weighted by atomic mass is 16.4. The van der Waals surface area contributed by atoms with E-state index in [0.29, 0.717) is 13.1 Å². The number of likely N-dealkylation sites (tertiary alicyclic amines) is 1. The Balaban J connectivity index is 1.98. The molecule has 4 heteroatoms. The summed E-state index contributed by atoms with van der Waals surface area (Å²) in [7, 11) is 0. The molecule has 1 aliphatic heterocycles. The number of aryl methyl sites for hydroxylation is 2. The fourth-order valence-corrected chi connectivity index (χ4v) is 1.97. The van der Waals surface area contributed by atoms with Crippen LogP contribution in [0.2, 0.25) is 0 Å². The zero-order valence-corrected chi connectivity index (χ0v) is 9.58. The van der Waals surface area contributed by atoms with Gasteiger partial charge in [0.15, 0.2) is 0 Å². The number of nitrogens with zero attached hydrogens (tertiary/aromatic N) is 2. The molecule has 0 amide bonds. The summed E-state index contributed by atoms with van der Waals surface area (Å²) in [6.07, 6.45) is 0.825. The molecule has 1 aromatic heterocycles. The number of hydrogen-bond acceptors (Lipinski definition) is 4. The van der Waals surface area contributed by atoms with Gasteiger partial charge in [0.2, 0.25) is 5.89 Å². The van der Waals surface area contributed by atoms with E-state index in [0.717, 1.165) is 30.3 Å². The SMILES string of the molecule is Cc1nc(CN2CCC(C)(O)C2)oc1C. The molecule has 0 bridgehead atoms. The van der Waals surface area contributed by atoms with Crippen molar-refractivity contribution in [2.75, 3.05) is 13.1 Å². The minimum atomic E-state index is -0.545. The number of hydrogen-bond donors (Lipinski definition) is 1. The lowest BCUT2D eigenvalue weighted by Crippen LogP contribution is -2.29. The molecule has 2 heterocycles. The highest BCUT2D eigenvalue weighted by Gasteiger charge is 2.31. The van der Waals surface area contributed by atoms with Crippen LogP contribution in [0.15, 0.2) is 4.42 Å². The first-order chi connectivity index (χ1) is 6.96. The van der Waals surface area contributed by atoms with E-state index in [2.05, 4.69) is 9.88 Å². The first kappa shape index (κ1) is 10.6. The van der Waals surface area contributed by atoms with Crippen molar-refractivity contribution < 1.29 is 9.52 Å². The van der Waals surface area contributed by atoms with Crippen molar-refractivity contribution in [3.8, 4) is 0 Å². The van der Waals surface area contributed by atoms with Crippen molar-refractivity contribution in [1.82, 2.24) is 9.88 Å². The minimum Gasteiger partial charge on any atom is -0.444 e. The van der Waals surface area contributed by atoms with Gasteiger partial charge in [0.1, 0.15) is 5.76 Å². The lowest BCUT2D eigenvalue weighted by atomic mass is 10.1. The Bertz CT molecular complexity index is 338. The second-order valence-electron chi connectivity index (χ2n) is 4.71. The fraction of sp³-hybridized carbons (Fsp3) is 0.727. The Labute approximate surface area is 89.9 Å². The van der Waals surface area contributed by atoms with Crippen LogP contribution in [-0.4, -0.2) is 33.7 Å². The number of oxazole rings is 1. The topological polar surface area (TPSA) is 49.5 Å². The summed E-state index contributed by atoms with van der Waals surface area (Å²) in [4.78, 5) is 6.50. The molecule has 0 radical (unpaired) electrons. The molecule has 0 spiro atoms. The van der Waals surface area contributed by atoms with Crippen molar-refractivity contribution in [2.24, 2.45) is 0 Å². The molecule has 0 saturated carbocycles. The van der Waals surface area contributed by atoms with Gasteiger partial charge >= 0.3 is 0 Å². The smallest absolute Gasteiger partial charge is 0.208 e. The van der Waals surface area contributed by atoms with Crippen molar-refractivity contribution in [1.29, 1.82) is 0 Å². The van der Waals surface area contributed by atoms with Gasteiger partial charge < -0.3 is 9.52 Å². The van der Waals surface area contributed by atoms with E-state index in [1.807, 2.05) is 20.8 Å². The van der Waals surface area contributed by atoms with Gasteiger partial charge in [-0.2, -0.15) is 0 Å². The third-order valence-electron chi connectivity index (χ3n) is 2.96. The summed E-state index contributed by atoms with van der Waals surface area (Å²) in [6.45, 7) is 8.05. The zero-order valence-electron chi connectivity index (χ0n) is 9.58. The summed E-state index contributed by atoms with van der Waals surface area (Å²) in [5.41, 5.74) is 0.410. The number of aromatic nitrogens is 1. The summed E-state index contributed by atoms with van der Waals surface area (Å²) < 4.78 is 5.51. The van der Waals surface area contributed by atoms with Crippen LogP contribution < -0.4 is 0 Å². The highest BCUT2D eigenvalue weighted by molar-refractivity contribution is 5.05. The van der Waals surface area contributed by atoms with Gasteiger partial charge in [-0.05, 0) is 27.2 Å². The first-order valence-electron chi connectivity index (χ1n) is 5.34. The van der Waals surface area contributed by atoms with Crippen molar-refractivity contribution in [3.63, 3.8) is 0 Å². The van der Waals surface area contributed by atoms with E-state index in [9.17, 15) is 5.11 Å². The normalized spacial score (nSPS) is 27.5. The quantitative estimate of drug-likeness (QED) is 0.798. The first-order valence-corrected chi connectivity index (χ1v) is 5.34. The third kappa shape index (κ3) is 2.38. The van der Waals surface area contributed by atoms with Gasteiger partial charge in [-0.1, -0.05) is 0 Å². The van der Waals surface area contributed by atoms with Crippen LogP contribution in [0.3, 0.4) is 0 Å². The Kier molecular flexibility index (Phi) is 2.56. The second kappa shape index (κ2) is 3.61. The predicted octanol–water partition coefficient (Wildman–Crippen LogP) is 1.25. The van der Waals surface area contributed by atoms with E-state index in [1.165, 1.54) is 0 Å². The molecule has 1 aromatic rings. The lowest BCUT2D eigenvalue weighted by Gasteiger charge is -2.17. The molecule has 0 aromatic carbocycles. The maximum atomic E-state index is 9.81. The average Bonchev–Trinajstić information content (AvgIpc) is 2.58. The molecular formula is C11H18N2O2. The number of β-amino-alcohol motifs (C(OH)–C–C–N with tert-alkyl or cyclic N) is 1. The van der Waals surface area contributed by atoms with Crippen molar-refractivity contribution in [2.45, 2.75) is 39.3 Å². The molecule has 1 atom stereocenters. The molecule has 2 rings (SSSR count). The van der Waals surface area contributed by atoms with E-state index in [-0.39, 0.29) is 0 Å². The van der Waals surface area contributed by atoms with Gasteiger partial charge in [-0.25, -0.2) is 4.98 Å². The molecule has 1 saturated heterocycles. The molecule has 0 aliphatic carbocycles. The van der Waals surface area contributed by atoms with Crippen LogP contribution in [0.4, 0.5) is 0 Å². The number of aliphatic hydroxyl groups is 1. The lowest BCUT2D eigenvalue weighted by molar-refractivity contribution is 0.0668.